The fraction of sp³-hybridized carbons (Fsp3) is 0.500. The van der Waals surface area contributed by atoms with Gasteiger partial charge in [0.1, 0.15) is 48.3 Å². The van der Waals surface area contributed by atoms with E-state index >= 15 is 0 Å². The first-order valence-corrected chi connectivity index (χ1v) is 29.5. The molecule has 0 saturated heterocycles. The molecule has 1 heterocycles. The Labute approximate surface area is 511 Å². The number of thioether (sulfide) groups is 1. The Morgan fingerprint density at radius 1 is 0.580 bits per heavy atom. The molecular formula is C56H81N15O16S. The molecule has 0 bridgehead atoms. The van der Waals surface area contributed by atoms with Gasteiger partial charge in [-0.25, -0.2) is 4.79 Å². The van der Waals surface area contributed by atoms with Gasteiger partial charge in [-0.1, -0.05) is 82.6 Å². The van der Waals surface area contributed by atoms with Gasteiger partial charge in [-0.2, -0.15) is 11.8 Å². The number of aliphatic imine (C=N–C) groups is 1. The normalized spacial score (nSPS) is 14.4. The molecule has 31 nitrogen and oxygen atoms in total. The monoisotopic (exact) mass is 1250 g/mol. The zero-order chi connectivity index (χ0) is 65.8. The molecule has 0 aliphatic heterocycles. The third-order valence-corrected chi connectivity index (χ3v) is 14.4. The number of rotatable bonds is 39. The van der Waals surface area contributed by atoms with E-state index in [9.17, 15) is 72.5 Å². The maximum atomic E-state index is 14.8. The van der Waals surface area contributed by atoms with Gasteiger partial charge in [-0.3, -0.25) is 62.5 Å². The van der Waals surface area contributed by atoms with Crippen LogP contribution in [0.25, 0.3) is 10.9 Å². The number of guanidine groups is 1. The van der Waals surface area contributed by atoms with E-state index in [-0.39, 0.29) is 44.6 Å². The van der Waals surface area contributed by atoms with E-state index in [1.54, 1.807) is 80.9 Å². The van der Waals surface area contributed by atoms with Gasteiger partial charge in [0.05, 0.1) is 31.8 Å². The van der Waals surface area contributed by atoms with Gasteiger partial charge >= 0.3 is 17.9 Å². The second-order valence-electron chi connectivity index (χ2n) is 21.0. The molecule has 0 saturated carbocycles. The smallest absolute Gasteiger partial charge is 0.326 e. The summed E-state index contributed by atoms with van der Waals surface area (Å²) >= 11 is 1.35. The molecular weight excluding hydrogens is 1170 g/mol. The molecule has 0 fully saturated rings. The molecule has 88 heavy (non-hydrogen) atoms. The number of nitrogens with zero attached hydrogens (tertiary/aromatic N) is 1. The van der Waals surface area contributed by atoms with E-state index < -0.39 is 169 Å². The number of amides is 10. The van der Waals surface area contributed by atoms with Gasteiger partial charge in [0.25, 0.3) is 0 Å². The molecule has 10 atom stereocenters. The van der Waals surface area contributed by atoms with Crippen LogP contribution in [-0.4, -0.2) is 183 Å². The number of fused-ring (bicyclic) bond motifs is 1. The molecule has 482 valence electrons. The number of nitrogens with one attached hydrogen (secondary N) is 10. The van der Waals surface area contributed by atoms with Crippen LogP contribution in [0.1, 0.15) is 83.8 Å². The molecule has 0 spiro atoms. The Kier molecular flexibility index (Phi) is 30.3. The summed E-state index contributed by atoms with van der Waals surface area (Å²) in [7, 11) is 0. The topological polar surface area (TPSA) is 523 Å². The molecule has 0 aliphatic rings. The summed E-state index contributed by atoms with van der Waals surface area (Å²) in [5.74, 6) is -15.7. The van der Waals surface area contributed by atoms with Crippen molar-refractivity contribution < 1.29 is 77.6 Å². The van der Waals surface area contributed by atoms with Crippen molar-refractivity contribution in [3.8, 4) is 0 Å². The number of hydrogen-bond acceptors (Lipinski definition) is 16. The minimum atomic E-state index is -1.89. The molecule has 0 radical (unpaired) electrons. The molecule has 21 N–H and O–H groups in total. The number of hydrogen-bond donors (Lipinski definition) is 17. The summed E-state index contributed by atoms with van der Waals surface area (Å²) in [6.07, 6.45) is 0.317. The summed E-state index contributed by atoms with van der Waals surface area (Å²) in [4.78, 5) is 180. The fourth-order valence-electron chi connectivity index (χ4n) is 8.75. The molecule has 32 heteroatoms. The summed E-state index contributed by atoms with van der Waals surface area (Å²) in [5.41, 5.74) is 23.9. The second-order valence-corrected chi connectivity index (χ2v) is 22.0. The maximum Gasteiger partial charge on any atom is 0.326 e. The highest BCUT2D eigenvalue weighted by molar-refractivity contribution is 7.98. The number of carbonyl (C=O) groups is 13. The van der Waals surface area contributed by atoms with E-state index in [0.29, 0.717) is 34.2 Å². The number of carboxylic acids is 3. The van der Waals surface area contributed by atoms with Crippen LogP contribution in [-0.2, 0) is 75.2 Å². The highest BCUT2D eigenvalue weighted by atomic mass is 32.2. The number of para-hydroxylation sites is 1. The summed E-state index contributed by atoms with van der Waals surface area (Å²) in [6, 6.07) is 0.859. The predicted molar refractivity (Wildman–Crippen MR) is 322 cm³/mol. The van der Waals surface area contributed by atoms with Crippen LogP contribution < -0.4 is 70.8 Å². The highest BCUT2D eigenvalue weighted by Crippen LogP contribution is 2.20. The van der Waals surface area contributed by atoms with E-state index in [1.807, 2.05) is 0 Å². The average molecular weight is 1250 g/mol. The molecule has 2 aromatic carbocycles. The molecule has 1 aromatic heterocycles. The van der Waals surface area contributed by atoms with Crippen LogP contribution in [0.2, 0.25) is 0 Å². The average Bonchev–Trinajstić information content (AvgIpc) is 2.27. The Morgan fingerprint density at radius 3 is 1.67 bits per heavy atom. The standard InChI is InChI=1S/C56H81N15O16S/c1-6-29(4)46(70-42(73)27-63-48(79)36(18-20-88-5)64-47(78)33(57)23-43(74)75)54(85)65-35(17-12-19-61-56(59)60)49(80)67-38(22-31-26-62-34-16-11-10-15-32(31)34)51(82)68-39(24-41(58)72)52(83)66-37(21-30-13-8-7-9-14-30)50(81)69-40(25-44(76)77)53(84)71-45(28(2)3)55(86)87/h7-11,13-16,26,28-29,33,35-40,45-46,62H,6,12,17-25,27,57H2,1-5H3,(H2,58,72)(H,63,79)(H,64,78)(H,65,85)(H,66,83)(H,67,80)(H,68,82)(H,69,81)(H,70,73)(H,71,84)(H,74,75)(H,76,77)(H,86,87)(H4,59,60,61)/t29-,33-,35-,36-,37-,38-,39-,40-,45-,46-/m0/s1. The molecule has 3 rings (SSSR count). The number of aromatic nitrogens is 1. The van der Waals surface area contributed by atoms with Crippen molar-refractivity contribution in [3.05, 3.63) is 71.9 Å². The lowest BCUT2D eigenvalue weighted by molar-refractivity contribution is -0.144. The van der Waals surface area contributed by atoms with Crippen molar-refractivity contribution >= 4 is 106 Å². The fourth-order valence-corrected chi connectivity index (χ4v) is 9.23. The van der Waals surface area contributed by atoms with Crippen molar-refractivity contribution in [3.63, 3.8) is 0 Å². The van der Waals surface area contributed by atoms with Gasteiger partial charge in [0.2, 0.25) is 59.1 Å². The summed E-state index contributed by atoms with van der Waals surface area (Å²) in [5, 5.41) is 51.2. The first-order valence-electron chi connectivity index (χ1n) is 28.1. The van der Waals surface area contributed by atoms with Crippen molar-refractivity contribution in [2.75, 3.05) is 25.1 Å². The van der Waals surface area contributed by atoms with Crippen LogP contribution >= 0.6 is 11.8 Å². The lowest BCUT2D eigenvalue weighted by Crippen LogP contribution is -2.61. The lowest BCUT2D eigenvalue weighted by atomic mass is 9.97. The van der Waals surface area contributed by atoms with E-state index in [2.05, 4.69) is 57.8 Å². The number of benzene rings is 2. The Balaban J connectivity index is 2.01. The van der Waals surface area contributed by atoms with Gasteiger partial charge in [-0.05, 0) is 60.3 Å². The van der Waals surface area contributed by atoms with Crippen molar-refractivity contribution in [1.82, 2.24) is 52.8 Å². The Hall–Kier alpha value is -9.33. The quantitative estimate of drug-likeness (QED) is 0.0151. The van der Waals surface area contributed by atoms with Crippen LogP contribution in [0.3, 0.4) is 0 Å². The SMILES string of the molecule is CC[C@H](C)[C@H](NC(=O)CNC(=O)[C@H](CCSC)NC(=O)[C@@H](N)CC(=O)O)C(=O)N[C@@H](CCCN=C(N)N)C(=O)N[C@@H](Cc1c[nH]c2ccccc12)C(=O)N[C@@H](CC(N)=O)C(=O)N[C@@H](Cc1ccccc1)C(=O)N[C@@H](CC(=O)O)C(=O)N[C@H](C(=O)O)C(C)C. The Morgan fingerprint density at radius 2 is 1.10 bits per heavy atom. The molecule has 3 aromatic rings. The maximum absolute atomic E-state index is 14.8. The zero-order valence-corrected chi connectivity index (χ0v) is 50.2. The number of nitrogens with two attached hydrogens (primary N) is 4. The number of carboxylic acid groups (broad SMARTS) is 3. The number of primary amides is 1. The third kappa shape index (κ3) is 24.9. The predicted octanol–water partition coefficient (Wildman–Crippen LogP) is -3.31. The zero-order valence-electron chi connectivity index (χ0n) is 49.4. The van der Waals surface area contributed by atoms with Crippen LogP contribution in [0.4, 0.5) is 0 Å². The minimum absolute atomic E-state index is 0.0414. The number of aliphatic carboxylic acids is 3. The number of carbonyl (C=O) groups excluding carboxylic acids is 10. The number of aromatic amines is 1. The van der Waals surface area contributed by atoms with Crippen LogP contribution in [0, 0.1) is 11.8 Å². The number of H-pyrrole nitrogens is 1. The lowest BCUT2D eigenvalue weighted by Gasteiger charge is -2.28. The van der Waals surface area contributed by atoms with Crippen molar-refractivity contribution in [2.24, 2.45) is 39.8 Å². The summed E-state index contributed by atoms with van der Waals surface area (Å²) in [6.45, 7) is 5.58. The highest BCUT2D eigenvalue weighted by Gasteiger charge is 2.37. The largest absolute Gasteiger partial charge is 0.481 e. The van der Waals surface area contributed by atoms with Crippen LogP contribution in [0.15, 0.2) is 65.8 Å². The van der Waals surface area contributed by atoms with Gasteiger partial charge in [-0.15, -0.1) is 0 Å². The first kappa shape index (κ1) is 72.9. The third-order valence-electron chi connectivity index (χ3n) is 13.7. The molecule has 0 aliphatic carbocycles. The first-order chi connectivity index (χ1) is 41.5. The van der Waals surface area contributed by atoms with E-state index in [1.165, 1.54) is 25.6 Å². The van der Waals surface area contributed by atoms with Gasteiger partial charge in [0, 0.05) is 36.5 Å². The second kappa shape index (κ2) is 36.6. The van der Waals surface area contributed by atoms with Crippen molar-refractivity contribution in [2.45, 2.75) is 140 Å². The van der Waals surface area contributed by atoms with E-state index in [4.69, 9.17) is 28.0 Å². The Bertz CT molecular complexity index is 2980. The summed E-state index contributed by atoms with van der Waals surface area (Å²) < 4.78 is 0. The van der Waals surface area contributed by atoms with Crippen LogP contribution in [0.5, 0.6) is 0 Å². The van der Waals surface area contributed by atoms with E-state index in [0.717, 1.165) is 0 Å². The van der Waals surface area contributed by atoms with Gasteiger partial charge in [0.15, 0.2) is 5.96 Å². The molecule has 0 unspecified atom stereocenters. The van der Waals surface area contributed by atoms with Crippen molar-refractivity contribution in [1.29, 1.82) is 0 Å². The molecule has 10 amide bonds. The van der Waals surface area contributed by atoms with Gasteiger partial charge < -0.3 is 91.1 Å². The minimum Gasteiger partial charge on any atom is -0.481 e.